The predicted octanol–water partition coefficient (Wildman–Crippen LogP) is 1.50. The summed E-state index contributed by atoms with van der Waals surface area (Å²) < 4.78 is 2.54. The number of rotatable bonds is 2. The van der Waals surface area contributed by atoms with Crippen molar-refractivity contribution < 1.29 is 0 Å². The maximum Gasteiger partial charge on any atom is 0.270 e. The molecule has 98 valence electrons. The van der Waals surface area contributed by atoms with E-state index >= 15 is 0 Å². The predicted molar refractivity (Wildman–Crippen MR) is 78.3 cm³/mol. The quantitative estimate of drug-likeness (QED) is 0.815. The number of nitrogens with zero attached hydrogens (tertiary/aromatic N) is 2. The average molecular weight is 272 g/mol. The summed E-state index contributed by atoms with van der Waals surface area (Å²) in [6.07, 6.45) is 1.96. The van der Waals surface area contributed by atoms with Crippen molar-refractivity contribution in [2.75, 3.05) is 6.54 Å². The molecule has 0 radical (unpaired) electrons. The number of hydrogen-bond donors (Lipinski definition) is 0. The molecular formula is C15H16N2OS. The minimum atomic E-state index is 0.0918. The summed E-state index contributed by atoms with van der Waals surface area (Å²) in [7, 11) is 0. The lowest BCUT2D eigenvalue weighted by molar-refractivity contribution is 0.740. The largest absolute Gasteiger partial charge is 0.282 e. The molecule has 2 heterocycles. The number of benzene rings is 1. The third-order valence-electron chi connectivity index (χ3n) is 3.36. The van der Waals surface area contributed by atoms with Crippen molar-refractivity contribution in [2.24, 2.45) is 4.99 Å². The van der Waals surface area contributed by atoms with Gasteiger partial charge in [-0.15, -0.1) is 0 Å². The van der Waals surface area contributed by atoms with Crippen LogP contribution in [0.5, 0.6) is 0 Å². The summed E-state index contributed by atoms with van der Waals surface area (Å²) in [4.78, 5) is 17.3. The molecular weight excluding hydrogens is 256 g/mol. The van der Waals surface area contributed by atoms with E-state index in [1.807, 2.05) is 6.08 Å². The van der Waals surface area contributed by atoms with E-state index in [1.165, 1.54) is 16.9 Å². The van der Waals surface area contributed by atoms with Crippen LogP contribution in [-0.4, -0.2) is 11.1 Å². The van der Waals surface area contributed by atoms with Crippen LogP contribution in [-0.2, 0) is 6.54 Å². The summed E-state index contributed by atoms with van der Waals surface area (Å²) in [6, 6.07) is 8.39. The number of thiazole rings is 1. The molecule has 0 saturated carbocycles. The molecule has 19 heavy (non-hydrogen) atoms. The van der Waals surface area contributed by atoms with Crippen molar-refractivity contribution in [2.45, 2.75) is 26.3 Å². The van der Waals surface area contributed by atoms with Crippen molar-refractivity contribution in [1.29, 1.82) is 0 Å². The molecule has 0 amide bonds. The first-order chi connectivity index (χ1) is 9.15. The van der Waals surface area contributed by atoms with E-state index in [2.05, 4.69) is 43.1 Å². The highest BCUT2D eigenvalue weighted by atomic mass is 32.1. The smallest absolute Gasteiger partial charge is 0.270 e. The van der Waals surface area contributed by atoms with Crippen molar-refractivity contribution in [3.05, 3.63) is 55.1 Å². The van der Waals surface area contributed by atoms with Gasteiger partial charge in [-0.25, -0.2) is 0 Å². The Morgan fingerprint density at radius 2 is 2.05 bits per heavy atom. The molecule has 0 bridgehead atoms. The first-order valence-electron chi connectivity index (χ1n) is 6.51. The zero-order chi connectivity index (χ0) is 13.4. The van der Waals surface area contributed by atoms with Crippen LogP contribution in [0.15, 0.2) is 34.1 Å². The molecule has 3 nitrogen and oxygen atoms in total. The third kappa shape index (κ3) is 2.28. The van der Waals surface area contributed by atoms with Gasteiger partial charge in [-0.3, -0.25) is 14.4 Å². The summed E-state index contributed by atoms with van der Waals surface area (Å²) >= 11 is 1.48. The SMILES string of the molecule is CC(C)c1ccc(/C=c2\sc3n(c2=O)CCN=3)cc1. The van der Waals surface area contributed by atoms with E-state index in [0.29, 0.717) is 5.92 Å². The zero-order valence-corrected chi connectivity index (χ0v) is 11.9. The second-order valence-electron chi connectivity index (χ2n) is 5.05. The normalized spacial score (nSPS) is 14.8. The lowest BCUT2D eigenvalue weighted by atomic mass is 10.0. The standard InChI is InChI=1S/C15H16N2OS/c1-10(2)12-5-3-11(4-6-12)9-13-14(18)17-8-7-16-15(17)19-13/h3-6,9-10H,7-8H2,1-2H3/b13-9-. The molecule has 0 spiro atoms. The first-order valence-corrected chi connectivity index (χ1v) is 7.32. The van der Waals surface area contributed by atoms with Gasteiger partial charge < -0.3 is 0 Å². The van der Waals surface area contributed by atoms with Crippen LogP contribution >= 0.6 is 11.3 Å². The number of aromatic nitrogens is 1. The summed E-state index contributed by atoms with van der Waals surface area (Å²) in [5.41, 5.74) is 2.48. The number of hydrogen-bond acceptors (Lipinski definition) is 3. The molecule has 0 fully saturated rings. The highest BCUT2D eigenvalue weighted by molar-refractivity contribution is 7.07. The second-order valence-corrected chi connectivity index (χ2v) is 6.06. The molecule has 1 aromatic carbocycles. The van der Waals surface area contributed by atoms with Gasteiger partial charge in [0.25, 0.3) is 5.56 Å². The first kappa shape index (κ1) is 12.4. The Labute approximate surface area is 115 Å². The summed E-state index contributed by atoms with van der Waals surface area (Å²) in [5, 5.41) is 0. The highest BCUT2D eigenvalue weighted by Gasteiger charge is 2.09. The van der Waals surface area contributed by atoms with Crippen molar-refractivity contribution >= 4 is 17.4 Å². The second kappa shape index (κ2) is 4.78. The van der Waals surface area contributed by atoms with Gasteiger partial charge in [-0.05, 0) is 23.1 Å². The van der Waals surface area contributed by atoms with E-state index in [1.54, 1.807) is 4.57 Å². The molecule has 4 heteroatoms. The maximum atomic E-state index is 12.1. The minimum Gasteiger partial charge on any atom is -0.282 e. The Hall–Kier alpha value is -1.68. The van der Waals surface area contributed by atoms with E-state index in [0.717, 1.165) is 28.0 Å². The van der Waals surface area contributed by atoms with Gasteiger partial charge in [0.15, 0.2) is 4.80 Å². The molecule has 1 aromatic heterocycles. The van der Waals surface area contributed by atoms with E-state index < -0.39 is 0 Å². The van der Waals surface area contributed by atoms with Crippen LogP contribution in [0.1, 0.15) is 30.9 Å². The van der Waals surface area contributed by atoms with Crippen LogP contribution in [0.2, 0.25) is 0 Å². The fourth-order valence-corrected chi connectivity index (χ4v) is 3.23. The molecule has 1 aliphatic heterocycles. The van der Waals surface area contributed by atoms with E-state index in [4.69, 9.17) is 0 Å². The summed E-state index contributed by atoms with van der Waals surface area (Å²) in [6.45, 7) is 5.82. The fourth-order valence-electron chi connectivity index (χ4n) is 2.20. The zero-order valence-electron chi connectivity index (χ0n) is 11.1. The Morgan fingerprint density at radius 1 is 1.32 bits per heavy atom. The van der Waals surface area contributed by atoms with Gasteiger partial charge in [0, 0.05) is 6.54 Å². The molecule has 2 aromatic rings. The van der Waals surface area contributed by atoms with Crippen LogP contribution in [0.4, 0.5) is 0 Å². The van der Waals surface area contributed by atoms with Crippen molar-refractivity contribution in [3.63, 3.8) is 0 Å². The molecule has 1 aliphatic rings. The molecule has 0 unspecified atom stereocenters. The minimum absolute atomic E-state index is 0.0918. The molecule has 0 atom stereocenters. The Bertz CT molecular complexity index is 766. The van der Waals surface area contributed by atoms with Crippen LogP contribution in [0, 0.1) is 0 Å². The van der Waals surface area contributed by atoms with Gasteiger partial charge in [0.1, 0.15) is 0 Å². The van der Waals surface area contributed by atoms with Gasteiger partial charge in [-0.2, -0.15) is 0 Å². The maximum absolute atomic E-state index is 12.1. The van der Waals surface area contributed by atoms with Crippen molar-refractivity contribution in [1.82, 2.24) is 4.57 Å². The molecule has 0 aliphatic carbocycles. The average Bonchev–Trinajstić information content (AvgIpc) is 2.95. The van der Waals surface area contributed by atoms with Gasteiger partial charge in [-0.1, -0.05) is 49.4 Å². The molecule has 0 N–H and O–H groups in total. The van der Waals surface area contributed by atoms with Gasteiger partial charge in [0.05, 0.1) is 11.1 Å². The van der Waals surface area contributed by atoms with Crippen molar-refractivity contribution in [3.8, 4) is 0 Å². The van der Waals surface area contributed by atoms with Crippen LogP contribution in [0.3, 0.4) is 0 Å². The van der Waals surface area contributed by atoms with E-state index in [9.17, 15) is 4.79 Å². The van der Waals surface area contributed by atoms with Crippen LogP contribution < -0.4 is 14.9 Å². The van der Waals surface area contributed by atoms with Crippen LogP contribution in [0.25, 0.3) is 6.08 Å². The highest BCUT2D eigenvalue weighted by Crippen LogP contribution is 2.14. The lowest BCUT2D eigenvalue weighted by Gasteiger charge is -2.04. The van der Waals surface area contributed by atoms with E-state index in [-0.39, 0.29) is 5.56 Å². The monoisotopic (exact) mass is 272 g/mol. The fraction of sp³-hybridized carbons (Fsp3) is 0.333. The number of fused-ring (bicyclic) bond motifs is 1. The Morgan fingerprint density at radius 3 is 2.68 bits per heavy atom. The Kier molecular flexibility index (Phi) is 3.11. The topological polar surface area (TPSA) is 34.4 Å². The summed E-state index contributed by atoms with van der Waals surface area (Å²) in [5.74, 6) is 0.531. The molecule has 3 rings (SSSR count). The lowest BCUT2D eigenvalue weighted by Crippen LogP contribution is -2.29. The van der Waals surface area contributed by atoms with Gasteiger partial charge in [0.2, 0.25) is 0 Å². The molecule has 0 saturated heterocycles. The Balaban J connectivity index is 2.05. The third-order valence-corrected chi connectivity index (χ3v) is 4.40. The van der Waals surface area contributed by atoms with Gasteiger partial charge >= 0.3 is 0 Å².